The van der Waals surface area contributed by atoms with Gasteiger partial charge in [0.05, 0.1) is 23.1 Å². The van der Waals surface area contributed by atoms with E-state index in [0.717, 1.165) is 55.4 Å². The van der Waals surface area contributed by atoms with Crippen LogP contribution in [0, 0.1) is 0 Å². The van der Waals surface area contributed by atoms with Gasteiger partial charge in [-0.1, -0.05) is 6.07 Å². The van der Waals surface area contributed by atoms with Crippen molar-refractivity contribution in [2.24, 2.45) is 10.7 Å². The number of nitrogen functional groups attached to an aromatic ring is 1. The van der Waals surface area contributed by atoms with Crippen LogP contribution in [-0.4, -0.2) is 67.0 Å². The normalized spacial score (nSPS) is 24.8. The van der Waals surface area contributed by atoms with E-state index in [1.807, 2.05) is 23.2 Å². The lowest BCUT2D eigenvalue weighted by atomic mass is 9.85. The Labute approximate surface area is 225 Å². The number of nitrogens with one attached hydrogen (secondary N) is 1. The summed E-state index contributed by atoms with van der Waals surface area (Å²) in [6.45, 7) is 2.51. The zero-order valence-corrected chi connectivity index (χ0v) is 21.9. The van der Waals surface area contributed by atoms with Gasteiger partial charge in [-0.05, 0) is 63.1 Å². The number of nitrogens with zero attached hydrogens (tertiary/aromatic N) is 6. The zero-order valence-electron chi connectivity index (χ0n) is 21.9. The molecular formula is C27H33N10O2+. The Morgan fingerprint density at radius 2 is 1.95 bits per heavy atom. The lowest BCUT2D eigenvalue weighted by Gasteiger charge is -2.38. The predicted molar refractivity (Wildman–Crippen MR) is 146 cm³/mol. The van der Waals surface area contributed by atoms with Crippen molar-refractivity contribution >= 4 is 35.3 Å². The van der Waals surface area contributed by atoms with Gasteiger partial charge < -0.3 is 21.7 Å². The summed E-state index contributed by atoms with van der Waals surface area (Å²) in [7, 11) is 0. The molecule has 2 bridgehead atoms. The lowest BCUT2D eigenvalue weighted by Crippen LogP contribution is -2.51. The van der Waals surface area contributed by atoms with Gasteiger partial charge in [0, 0.05) is 41.4 Å². The monoisotopic (exact) mass is 529 g/mol. The van der Waals surface area contributed by atoms with Gasteiger partial charge in [-0.15, -0.1) is 0 Å². The third-order valence-corrected chi connectivity index (χ3v) is 8.36. The number of piperidine rings is 1. The SMILES string of the molecule is CC(=O)c1c(C2CC3CC[C@@H](C2)N3C(=O)C(N)=NC=[NH2+])nc2c(-c3ccc(C4CCCN4)nc3)cnn2c1N. The van der Waals surface area contributed by atoms with Gasteiger partial charge in [0.15, 0.2) is 11.4 Å². The van der Waals surface area contributed by atoms with E-state index in [0.29, 0.717) is 29.7 Å². The van der Waals surface area contributed by atoms with Gasteiger partial charge in [-0.2, -0.15) is 9.61 Å². The highest BCUT2D eigenvalue weighted by Crippen LogP contribution is 2.44. The number of Topliss-reactive ketones (excluding diaryl/α,β-unsaturated/α-hetero) is 1. The van der Waals surface area contributed by atoms with Crippen molar-refractivity contribution in [2.45, 2.75) is 69.5 Å². The Morgan fingerprint density at radius 3 is 2.56 bits per heavy atom. The van der Waals surface area contributed by atoms with Gasteiger partial charge >= 0.3 is 11.7 Å². The molecule has 0 radical (unpaired) electrons. The number of anilines is 1. The molecule has 12 nitrogen and oxygen atoms in total. The van der Waals surface area contributed by atoms with Crippen LogP contribution < -0.4 is 22.2 Å². The molecule has 3 aromatic rings. The number of aliphatic imine (C=N–C) groups is 1. The summed E-state index contributed by atoms with van der Waals surface area (Å²) < 4.78 is 1.54. The van der Waals surface area contributed by atoms with Gasteiger partial charge in [-0.3, -0.25) is 20.0 Å². The fraction of sp³-hybridized carbons (Fsp3) is 0.444. The van der Waals surface area contributed by atoms with Crippen LogP contribution in [0.1, 0.15) is 79.2 Å². The number of aromatic nitrogens is 4. The smallest absolute Gasteiger partial charge is 0.316 e. The summed E-state index contributed by atoms with van der Waals surface area (Å²) in [5.41, 5.74) is 16.8. The van der Waals surface area contributed by atoms with Crippen molar-refractivity contribution in [1.29, 1.82) is 0 Å². The molecule has 1 amide bonds. The van der Waals surface area contributed by atoms with Crippen molar-refractivity contribution < 1.29 is 15.0 Å². The molecule has 202 valence electrons. The number of nitrogens with two attached hydrogens (primary N) is 3. The third kappa shape index (κ3) is 4.24. The standard InChI is InChI=1S/C27H32N10O2/c1-14(38)22-23(16-9-17-5-6-18(10-16)36(17)27(39)24(29)33-13-28)35-26-19(12-34-37(26)25(22)30)15-4-7-21(32-11-15)20-3-2-8-31-20/h4,7,11-13,16-18,20,31H,2-3,5-6,8-10,30H2,1H3,(H3,28,29,33)/p+1/t16?,17-,18?,20?/m0/s1. The van der Waals surface area contributed by atoms with E-state index in [2.05, 4.69) is 15.4 Å². The van der Waals surface area contributed by atoms with E-state index in [-0.39, 0.29) is 47.4 Å². The fourth-order valence-corrected chi connectivity index (χ4v) is 6.60. The highest BCUT2D eigenvalue weighted by Gasteiger charge is 2.46. The molecule has 3 aromatic heterocycles. The quantitative estimate of drug-likeness (QED) is 0.208. The van der Waals surface area contributed by atoms with Crippen molar-refractivity contribution in [2.75, 3.05) is 12.3 Å². The molecule has 3 aliphatic heterocycles. The molecule has 3 aliphatic rings. The first-order valence-corrected chi connectivity index (χ1v) is 13.4. The zero-order chi connectivity index (χ0) is 27.3. The molecule has 6 heterocycles. The topological polar surface area (TPSA) is 182 Å². The Balaban J connectivity index is 1.37. The van der Waals surface area contributed by atoms with E-state index in [1.54, 1.807) is 6.20 Å². The van der Waals surface area contributed by atoms with Crippen LogP contribution in [0.5, 0.6) is 0 Å². The van der Waals surface area contributed by atoms with Crippen molar-refractivity contribution in [3.8, 4) is 11.1 Å². The van der Waals surface area contributed by atoms with E-state index < -0.39 is 0 Å². The summed E-state index contributed by atoms with van der Waals surface area (Å²) in [4.78, 5) is 41.1. The number of pyridine rings is 1. The van der Waals surface area contributed by atoms with E-state index in [4.69, 9.17) is 26.8 Å². The molecule has 3 fully saturated rings. The number of hydrogen-bond acceptors (Lipinski definition) is 7. The minimum Gasteiger partial charge on any atom is -0.383 e. The second-order valence-corrected chi connectivity index (χ2v) is 10.7. The maximum absolute atomic E-state index is 13.0. The predicted octanol–water partition coefficient (Wildman–Crippen LogP) is 0.382. The number of amidine groups is 1. The van der Waals surface area contributed by atoms with Gasteiger partial charge in [0.25, 0.3) is 6.34 Å². The highest BCUT2D eigenvalue weighted by atomic mass is 16.2. The van der Waals surface area contributed by atoms with Crippen LogP contribution in [0.15, 0.2) is 29.5 Å². The van der Waals surface area contributed by atoms with Crippen LogP contribution in [0.3, 0.4) is 0 Å². The largest absolute Gasteiger partial charge is 0.383 e. The number of rotatable bonds is 5. The van der Waals surface area contributed by atoms with Crippen LogP contribution in [0.25, 0.3) is 16.8 Å². The molecule has 4 atom stereocenters. The second kappa shape index (κ2) is 9.84. The summed E-state index contributed by atoms with van der Waals surface area (Å²) in [5.74, 6) is -0.361. The molecule has 6 rings (SSSR count). The Morgan fingerprint density at radius 1 is 1.18 bits per heavy atom. The minimum absolute atomic E-state index is 0.0304. The Kier molecular flexibility index (Phi) is 6.34. The van der Waals surface area contributed by atoms with E-state index in [1.165, 1.54) is 11.4 Å². The molecule has 0 aliphatic carbocycles. The fourth-order valence-electron chi connectivity index (χ4n) is 6.60. The highest BCUT2D eigenvalue weighted by molar-refractivity contribution is 6.38. The van der Waals surface area contributed by atoms with Crippen molar-refractivity contribution in [1.82, 2.24) is 29.8 Å². The maximum Gasteiger partial charge on any atom is 0.316 e. The first kappa shape index (κ1) is 25.1. The molecule has 3 saturated heterocycles. The first-order chi connectivity index (χ1) is 18.9. The number of amides is 1. The molecule has 7 N–H and O–H groups in total. The van der Waals surface area contributed by atoms with Gasteiger partial charge in [-0.25, -0.2) is 4.98 Å². The lowest BCUT2D eigenvalue weighted by molar-refractivity contribution is -0.128. The molecule has 12 heteroatoms. The van der Waals surface area contributed by atoms with E-state index >= 15 is 0 Å². The van der Waals surface area contributed by atoms with Gasteiger partial charge in [0.1, 0.15) is 5.82 Å². The number of ketones is 1. The summed E-state index contributed by atoms with van der Waals surface area (Å²) in [5, 5.41) is 13.3. The summed E-state index contributed by atoms with van der Waals surface area (Å²) in [6, 6.07) is 4.29. The number of hydrogen-bond donors (Lipinski definition) is 4. The van der Waals surface area contributed by atoms with Crippen LogP contribution >= 0.6 is 0 Å². The van der Waals surface area contributed by atoms with Crippen molar-refractivity contribution in [3.05, 3.63) is 41.5 Å². The Bertz CT molecular complexity index is 1470. The van der Waals surface area contributed by atoms with Crippen LogP contribution in [0.2, 0.25) is 0 Å². The minimum atomic E-state index is -0.306. The second-order valence-electron chi connectivity index (χ2n) is 10.7. The Hall–Kier alpha value is -4.19. The molecule has 3 unspecified atom stereocenters. The van der Waals surface area contributed by atoms with Crippen molar-refractivity contribution in [3.63, 3.8) is 0 Å². The number of fused-ring (bicyclic) bond motifs is 3. The summed E-state index contributed by atoms with van der Waals surface area (Å²) >= 11 is 0. The number of carbonyl (C=O) groups is 2. The van der Waals surface area contributed by atoms with Gasteiger partial charge in [0.2, 0.25) is 0 Å². The molecule has 0 spiro atoms. The molecule has 0 aromatic carbocycles. The third-order valence-electron chi connectivity index (χ3n) is 8.36. The average Bonchev–Trinajstić information content (AvgIpc) is 3.67. The average molecular weight is 530 g/mol. The first-order valence-electron chi connectivity index (χ1n) is 13.4. The molecule has 39 heavy (non-hydrogen) atoms. The van der Waals surface area contributed by atoms with Crippen LogP contribution in [-0.2, 0) is 4.79 Å². The molecule has 0 saturated carbocycles. The summed E-state index contributed by atoms with van der Waals surface area (Å²) in [6.07, 6.45) is 9.83. The number of carbonyl (C=O) groups excluding carboxylic acids is 2. The van der Waals surface area contributed by atoms with Crippen LogP contribution in [0.4, 0.5) is 5.82 Å². The maximum atomic E-state index is 13.0. The molecular weight excluding hydrogens is 496 g/mol. The van der Waals surface area contributed by atoms with E-state index in [9.17, 15) is 9.59 Å².